The van der Waals surface area contributed by atoms with Crippen LogP contribution in [-0.2, 0) is 16.2 Å². The Morgan fingerprint density at radius 2 is 0.825 bits per heavy atom. The first-order chi connectivity index (χ1) is 30.7. The van der Waals surface area contributed by atoms with Crippen molar-refractivity contribution in [1.29, 1.82) is 0 Å². The van der Waals surface area contributed by atoms with E-state index in [2.05, 4.69) is 246 Å². The van der Waals surface area contributed by atoms with Crippen molar-refractivity contribution >= 4 is 17.1 Å². The highest BCUT2D eigenvalue weighted by atomic mass is 15.1. The molecule has 0 spiro atoms. The Labute approximate surface area is 372 Å². The normalized spacial score (nSPS) is 16.7. The molecule has 0 saturated carbocycles. The van der Waals surface area contributed by atoms with Crippen molar-refractivity contribution in [3.63, 3.8) is 0 Å². The summed E-state index contributed by atoms with van der Waals surface area (Å²) in [5, 5.41) is 0. The number of benzene rings is 9. The standard InChI is InChI=1S/C62H49N/c1-60(2)53-29-14-11-24-51(53)58-49(26-18-31-55(58)60)48-23-12-16-32-57(48)63(43-37-38-47-45-21-10-15-30-54(45)62(5,56(47)39-43)41-19-7-6-8-20-41)42-35-33-40(34-36-42)44-25-17-27-50-46-22-9-13-28-52(46)61(3,4)59(44)50/h6-39H,1-5H3. The molecule has 1 atom stereocenters. The molecule has 3 aliphatic carbocycles. The minimum Gasteiger partial charge on any atom is -0.310 e. The number of hydrogen-bond acceptors (Lipinski definition) is 1. The molecule has 0 N–H and O–H groups in total. The largest absolute Gasteiger partial charge is 0.310 e. The molecule has 0 aliphatic heterocycles. The lowest BCUT2D eigenvalue weighted by Gasteiger charge is -2.32. The molecule has 302 valence electrons. The first kappa shape index (κ1) is 37.5. The summed E-state index contributed by atoms with van der Waals surface area (Å²) >= 11 is 0. The molecule has 0 saturated heterocycles. The van der Waals surface area contributed by atoms with E-state index < -0.39 is 0 Å². The molecule has 0 bridgehead atoms. The monoisotopic (exact) mass is 807 g/mol. The van der Waals surface area contributed by atoms with Crippen LogP contribution in [0.3, 0.4) is 0 Å². The summed E-state index contributed by atoms with van der Waals surface area (Å²) in [6, 6.07) is 77.3. The van der Waals surface area contributed by atoms with E-state index in [4.69, 9.17) is 0 Å². The molecule has 1 nitrogen and oxygen atoms in total. The van der Waals surface area contributed by atoms with Gasteiger partial charge in [0.2, 0.25) is 0 Å². The number of hydrogen-bond donors (Lipinski definition) is 0. The minimum absolute atomic E-state index is 0.100. The van der Waals surface area contributed by atoms with E-state index in [1.165, 1.54) is 94.6 Å². The Balaban J connectivity index is 1.07. The van der Waals surface area contributed by atoms with Gasteiger partial charge in [-0.3, -0.25) is 0 Å². The lowest BCUT2D eigenvalue weighted by atomic mass is 9.74. The van der Waals surface area contributed by atoms with Crippen molar-refractivity contribution in [3.8, 4) is 55.6 Å². The molecule has 9 aromatic rings. The SMILES string of the molecule is CC1(C)c2ccccc2-c2c(-c3ccccc3N(c3ccc(-c4cccc5c4C(C)(C)c4ccccc4-5)cc3)c3ccc4c(c3)C(C)(c3ccccc3)c3ccccc3-4)cccc21. The van der Waals surface area contributed by atoms with Crippen LogP contribution in [0, 0.1) is 0 Å². The first-order valence-corrected chi connectivity index (χ1v) is 22.4. The summed E-state index contributed by atoms with van der Waals surface area (Å²) in [6.07, 6.45) is 0. The molecule has 12 rings (SSSR count). The van der Waals surface area contributed by atoms with Crippen LogP contribution in [0.2, 0.25) is 0 Å². The zero-order valence-corrected chi connectivity index (χ0v) is 36.6. The van der Waals surface area contributed by atoms with Crippen LogP contribution in [0.4, 0.5) is 17.1 Å². The molecule has 9 aromatic carbocycles. The second kappa shape index (κ2) is 13.6. The summed E-state index contributed by atoms with van der Waals surface area (Å²) in [5.41, 5.74) is 25.3. The predicted octanol–water partition coefficient (Wildman–Crippen LogP) is 16.4. The van der Waals surface area contributed by atoms with Crippen molar-refractivity contribution in [2.75, 3.05) is 4.90 Å². The Kier molecular flexibility index (Phi) is 8.13. The van der Waals surface area contributed by atoms with Gasteiger partial charge >= 0.3 is 0 Å². The zero-order chi connectivity index (χ0) is 42.7. The Morgan fingerprint density at radius 1 is 0.317 bits per heavy atom. The highest BCUT2D eigenvalue weighted by Crippen LogP contribution is 2.57. The van der Waals surface area contributed by atoms with Crippen molar-refractivity contribution in [1.82, 2.24) is 0 Å². The third kappa shape index (κ3) is 5.29. The lowest BCUT2D eigenvalue weighted by molar-refractivity contribution is 0.660. The van der Waals surface area contributed by atoms with Gasteiger partial charge in [0.1, 0.15) is 0 Å². The highest BCUT2D eigenvalue weighted by Gasteiger charge is 2.42. The van der Waals surface area contributed by atoms with E-state index in [-0.39, 0.29) is 16.2 Å². The van der Waals surface area contributed by atoms with Crippen LogP contribution in [-0.4, -0.2) is 0 Å². The van der Waals surface area contributed by atoms with E-state index in [9.17, 15) is 0 Å². The fraction of sp³-hybridized carbons (Fsp3) is 0.129. The number of nitrogens with zero attached hydrogens (tertiary/aromatic N) is 1. The third-order valence-electron chi connectivity index (χ3n) is 15.0. The molecule has 0 fully saturated rings. The average molecular weight is 808 g/mol. The molecule has 3 aliphatic rings. The summed E-state index contributed by atoms with van der Waals surface area (Å²) in [7, 11) is 0. The van der Waals surface area contributed by atoms with Crippen LogP contribution in [0.25, 0.3) is 55.6 Å². The van der Waals surface area contributed by atoms with E-state index >= 15 is 0 Å². The van der Waals surface area contributed by atoms with E-state index in [1.807, 2.05) is 0 Å². The van der Waals surface area contributed by atoms with Crippen LogP contribution < -0.4 is 4.90 Å². The number of fused-ring (bicyclic) bond motifs is 9. The number of para-hydroxylation sites is 1. The average Bonchev–Trinajstić information content (AvgIpc) is 3.84. The Morgan fingerprint density at radius 3 is 1.57 bits per heavy atom. The summed E-state index contributed by atoms with van der Waals surface area (Å²) in [5.74, 6) is 0. The highest BCUT2D eigenvalue weighted by molar-refractivity contribution is 5.99. The number of rotatable bonds is 6. The van der Waals surface area contributed by atoms with Crippen molar-refractivity contribution in [2.24, 2.45) is 0 Å². The minimum atomic E-state index is -0.328. The summed E-state index contributed by atoms with van der Waals surface area (Å²) in [6.45, 7) is 11.9. The smallest absolute Gasteiger partial charge is 0.0540 e. The van der Waals surface area contributed by atoms with Gasteiger partial charge in [-0.15, -0.1) is 0 Å². The molecule has 1 heteroatoms. The van der Waals surface area contributed by atoms with Crippen molar-refractivity contribution < 1.29 is 0 Å². The van der Waals surface area contributed by atoms with Gasteiger partial charge in [0.05, 0.1) is 5.69 Å². The van der Waals surface area contributed by atoms with E-state index in [0.29, 0.717) is 0 Å². The molecule has 0 aromatic heterocycles. The van der Waals surface area contributed by atoms with Crippen LogP contribution in [0.5, 0.6) is 0 Å². The predicted molar refractivity (Wildman–Crippen MR) is 265 cm³/mol. The second-order valence-electron chi connectivity index (χ2n) is 19.0. The van der Waals surface area contributed by atoms with Gasteiger partial charge < -0.3 is 4.90 Å². The van der Waals surface area contributed by atoms with Gasteiger partial charge in [-0.2, -0.15) is 0 Å². The van der Waals surface area contributed by atoms with Crippen LogP contribution in [0.1, 0.15) is 73.6 Å². The quantitative estimate of drug-likeness (QED) is 0.162. The lowest BCUT2D eigenvalue weighted by Crippen LogP contribution is -2.23. The van der Waals surface area contributed by atoms with Crippen LogP contribution in [0.15, 0.2) is 206 Å². The first-order valence-electron chi connectivity index (χ1n) is 22.4. The maximum atomic E-state index is 2.51. The molecule has 0 radical (unpaired) electrons. The van der Waals surface area contributed by atoms with Gasteiger partial charge in [-0.25, -0.2) is 0 Å². The van der Waals surface area contributed by atoms with Crippen LogP contribution >= 0.6 is 0 Å². The third-order valence-corrected chi connectivity index (χ3v) is 15.0. The van der Waals surface area contributed by atoms with E-state index in [1.54, 1.807) is 0 Å². The second-order valence-corrected chi connectivity index (χ2v) is 19.0. The van der Waals surface area contributed by atoms with Gasteiger partial charge in [-0.05, 0) is 126 Å². The van der Waals surface area contributed by atoms with Gasteiger partial charge in [-0.1, -0.05) is 204 Å². The summed E-state index contributed by atoms with van der Waals surface area (Å²) < 4.78 is 0. The molecular weight excluding hydrogens is 759 g/mol. The Hall–Kier alpha value is -7.22. The molecular formula is C62H49N. The van der Waals surface area contributed by atoms with E-state index in [0.717, 1.165) is 17.1 Å². The summed E-state index contributed by atoms with van der Waals surface area (Å²) in [4.78, 5) is 2.51. The van der Waals surface area contributed by atoms with Crippen molar-refractivity contribution in [3.05, 3.63) is 245 Å². The maximum Gasteiger partial charge on any atom is 0.0540 e. The van der Waals surface area contributed by atoms with Gasteiger partial charge in [0.15, 0.2) is 0 Å². The van der Waals surface area contributed by atoms with Gasteiger partial charge in [0, 0.05) is 33.2 Å². The zero-order valence-electron chi connectivity index (χ0n) is 36.6. The molecule has 0 amide bonds. The molecule has 1 unspecified atom stereocenters. The molecule has 63 heavy (non-hydrogen) atoms. The molecule has 0 heterocycles. The topological polar surface area (TPSA) is 3.24 Å². The fourth-order valence-corrected chi connectivity index (χ4v) is 11.9. The maximum absolute atomic E-state index is 2.51. The van der Waals surface area contributed by atoms with Gasteiger partial charge in [0.25, 0.3) is 0 Å². The number of anilines is 3. The van der Waals surface area contributed by atoms with Crippen molar-refractivity contribution in [2.45, 2.75) is 50.9 Å². The Bertz CT molecular complexity index is 3290. The fourth-order valence-electron chi connectivity index (χ4n) is 11.9.